The topological polar surface area (TPSA) is 55.8 Å². The molecule has 0 spiro atoms. The molecule has 0 aromatic heterocycles. The molecule has 1 aromatic carbocycles. The van der Waals surface area contributed by atoms with Crippen LogP contribution in [0.4, 0.5) is 4.79 Å². The van der Waals surface area contributed by atoms with Crippen molar-refractivity contribution in [1.29, 1.82) is 0 Å². The molecule has 1 unspecified atom stereocenters. The van der Waals surface area contributed by atoms with Crippen LogP contribution in [-0.2, 0) is 13.1 Å². The maximum absolute atomic E-state index is 11.9. The second kappa shape index (κ2) is 8.64. The molecule has 0 heterocycles. The summed E-state index contributed by atoms with van der Waals surface area (Å²) in [6.07, 6.45) is -0.520. The first-order valence-corrected chi connectivity index (χ1v) is 7.35. The molecule has 0 saturated carbocycles. The van der Waals surface area contributed by atoms with Gasteiger partial charge in [0.1, 0.15) is 0 Å². The van der Waals surface area contributed by atoms with Crippen molar-refractivity contribution in [2.75, 3.05) is 27.2 Å². The quantitative estimate of drug-likeness (QED) is 0.804. The summed E-state index contributed by atoms with van der Waals surface area (Å²) in [5.74, 6) is 0. The van der Waals surface area contributed by atoms with Crippen LogP contribution in [0.15, 0.2) is 24.3 Å². The van der Waals surface area contributed by atoms with Gasteiger partial charge in [-0.2, -0.15) is 0 Å². The van der Waals surface area contributed by atoms with Gasteiger partial charge in [-0.1, -0.05) is 31.2 Å². The zero-order chi connectivity index (χ0) is 15.8. The van der Waals surface area contributed by atoms with E-state index < -0.39 is 6.10 Å². The second-order valence-corrected chi connectivity index (χ2v) is 5.54. The van der Waals surface area contributed by atoms with Crippen LogP contribution in [0.3, 0.4) is 0 Å². The number of nitrogens with one attached hydrogen (secondary N) is 1. The Morgan fingerprint density at radius 1 is 1.33 bits per heavy atom. The maximum atomic E-state index is 11.9. The number of benzene rings is 1. The highest BCUT2D eigenvalue weighted by Crippen LogP contribution is 2.07. The Kier molecular flexibility index (Phi) is 7.19. The van der Waals surface area contributed by atoms with Crippen LogP contribution >= 0.6 is 0 Å². The average molecular weight is 293 g/mol. The minimum atomic E-state index is -0.520. The third-order valence-electron chi connectivity index (χ3n) is 3.31. The first kappa shape index (κ1) is 17.5. The van der Waals surface area contributed by atoms with E-state index in [0.717, 1.165) is 18.7 Å². The van der Waals surface area contributed by atoms with Gasteiger partial charge in [-0.25, -0.2) is 4.79 Å². The Bertz CT molecular complexity index is 449. The van der Waals surface area contributed by atoms with E-state index in [1.54, 1.807) is 14.0 Å². The molecular formula is C16H27N3O2. The average Bonchev–Trinajstić information content (AvgIpc) is 2.44. The molecular weight excluding hydrogens is 266 g/mol. The second-order valence-electron chi connectivity index (χ2n) is 5.54. The molecule has 5 heteroatoms. The summed E-state index contributed by atoms with van der Waals surface area (Å²) in [7, 11) is 3.76. The summed E-state index contributed by atoms with van der Waals surface area (Å²) in [5.41, 5.74) is 2.32. The van der Waals surface area contributed by atoms with Crippen molar-refractivity contribution in [1.82, 2.24) is 15.1 Å². The molecule has 5 nitrogen and oxygen atoms in total. The third kappa shape index (κ3) is 6.60. The largest absolute Gasteiger partial charge is 0.392 e. The van der Waals surface area contributed by atoms with Gasteiger partial charge in [0.05, 0.1) is 6.10 Å². The van der Waals surface area contributed by atoms with E-state index in [-0.39, 0.29) is 6.03 Å². The molecule has 1 aromatic rings. The molecule has 0 aliphatic rings. The van der Waals surface area contributed by atoms with Gasteiger partial charge in [0.15, 0.2) is 0 Å². The zero-order valence-corrected chi connectivity index (χ0v) is 13.5. The Labute approximate surface area is 127 Å². The highest BCUT2D eigenvalue weighted by Gasteiger charge is 2.10. The lowest BCUT2D eigenvalue weighted by molar-refractivity contribution is 0.143. The van der Waals surface area contributed by atoms with Gasteiger partial charge in [-0.05, 0) is 31.6 Å². The maximum Gasteiger partial charge on any atom is 0.317 e. The van der Waals surface area contributed by atoms with Crippen LogP contribution in [0.5, 0.6) is 0 Å². The van der Waals surface area contributed by atoms with E-state index in [1.807, 2.05) is 12.1 Å². The number of rotatable bonds is 7. The molecule has 118 valence electrons. The summed E-state index contributed by atoms with van der Waals surface area (Å²) < 4.78 is 0. The van der Waals surface area contributed by atoms with E-state index in [9.17, 15) is 9.90 Å². The molecule has 0 saturated heterocycles. The van der Waals surface area contributed by atoms with Crippen molar-refractivity contribution in [3.63, 3.8) is 0 Å². The van der Waals surface area contributed by atoms with Gasteiger partial charge in [-0.3, -0.25) is 0 Å². The van der Waals surface area contributed by atoms with Crippen molar-refractivity contribution in [3.8, 4) is 0 Å². The fourth-order valence-corrected chi connectivity index (χ4v) is 2.05. The molecule has 0 radical (unpaired) electrons. The van der Waals surface area contributed by atoms with Crippen LogP contribution in [0, 0.1) is 0 Å². The highest BCUT2D eigenvalue weighted by atomic mass is 16.3. The first-order valence-electron chi connectivity index (χ1n) is 7.35. The molecule has 0 bridgehead atoms. The van der Waals surface area contributed by atoms with E-state index in [1.165, 1.54) is 10.5 Å². The number of aliphatic hydroxyl groups excluding tert-OH is 1. The van der Waals surface area contributed by atoms with E-state index in [0.29, 0.717) is 13.1 Å². The minimum Gasteiger partial charge on any atom is -0.392 e. The van der Waals surface area contributed by atoms with Crippen molar-refractivity contribution >= 4 is 6.03 Å². The number of amides is 2. The van der Waals surface area contributed by atoms with Crippen LogP contribution in [0.1, 0.15) is 25.0 Å². The molecule has 1 rings (SSSR count). The predicted molar refractivity (Wildman–Crippen MR) is 85.0 cm³/mol. The van der Waals surface area contributed by atoms with Crippen LogP contribution in [0.25, 0.3) is 0 Å². The molecule has 0 aliphatic carbocycles. The van der Waals surface area contributed by atoms with E-state index in [2.05, 4.69) is 36.3 Å². The molecule has 2 amide bonds. The van der Waals surface area contributed by atoms with Crippen LogP contribution in [0.2, 0.25) is 0 Å². The van der Waals surface area contributed by atoms with E-state index >= 15 is 0 Å². The van der Waals surface area contributed by atoms with Gasteiger partial charge in [0.25, 0.3) is 0 Å². The normalized spacial score (nSPS) is 12.3. The van der Waals surface area contributed by atoms with Gasteiger partial charge in [0, 0.05) is 26.7 Å². The molecule has 2 N–H and O–H groups in total. The Morgan fingerprint density at radius 3 is 2.62 bits per heavy atom. The minimum absolute atomic E-state index is 0.174. The molecule has 21 heavy (non-hydrogen) atoms. The van der Waals surface area contributed by atoms with Crippen molar-refractivity contribution in [3.05, 3.63) is 35.4 Å². The summed E-state index contributed by atoms with van der Waals surface area (Å²) >= 11 is 0. The summed E-state index contributed by atoms with van der Waals surface area (Å²) in [6, 6.07) is 8.05. The lowest BCUT2D eigenvalue weighted by Crippen LogP contribution is -2.40. The van der Waals surface area contributed by atoms with E-state index in [4.69, 9.17) is 0 Å². The summed E-state index contributed by atoms with van der Waals surface area (Å²) in [6.45, 7) is 6.52. The number of likely N-dealkylation sites (N-methyl/N-ethyl adjacent to an activating group) is 1. The number of carbonyl (C=O) groups is 1. The fourth-order valence-electron chi connectivity index (χ4n) is 2.05. The number of hydrogen-bond acceptors (Lipinski definition) is 3. The smallest absolute Gasteiger partial charge is 0.317 e. The third-order valence-corrected chi connectivity index (χ3v) is 3.31. The van der Waals surface area contributed by atoms with Crippen LogP contribution < -0.4 is 5.32 Å². The number of hydrogen-bond donors (Lipinski definition) is 2. The number of aliphatic hydroxyl groups is 1. The van der Waals surface area contributed by atoms with Crippen molar-refractivity contribution in [2.45, 2.75) is 33.0 Å². The highest BCUT2D eigenvalue weighted by molar-refractivity contribution is 5.73. The zero-order valence-electron chi connectivity index (χ0n) is 13.5. The Balaban J connectivity index is 2.51. The van der Waals surface area contributed by atoms with Gasteiger partial charge < -0.3 is 20.2 Å². The SMILES string of the molecule is CCN(C)Cc1cccc(CNC(=O)N(C)CC(C)O)c1. The molecule has 1 atom stereocenters. The number of nitrogens with zero attached hydrogens (tertiary/aromatic N) is 2. The summed E-state index contributed by atoms with van der Waals surface area (Å²) in [5, 5.41) is 12.1. The standard InChI is InChI=1S/C16H27N3O2/c1-5-18(3)12-15-8-6-7-14(9-15)10-17-16(21)19(4)11-13(2)20/h6-9,13,20H,5,10-12H2,1-4H3,(H,17,21). The fraction of sp³-hybridized carbons (Fsp3) is 0.562. The number of urea groups is 1. The van der Waals surface area contributed by atoms with Crippen LogP contribution in [-0.4, -0.2) is 54.2 Å². The molecule has 0 fully saturated rings. The van der Waals surface area contributed by atoms with Gasteiger partial charge in [-0.15, -0.1) is 0 Å². The number of carbonyl (C=O) groups excluding carboxylic acids is 1. The first-order chi connectivity index (χ1) is 9.92. The predicted octanol–water partition coefficient (Wildman–Crippen LogP) is 1.66. The van der Waals surface area contributed by atoms with Gasteiger partial charge in [0.2, 0.25) is 0 Å². The summed E-state index contributed by atoms with van der Waals surface area (Å²) in [4.78, 5) is 15.6. The Hall–Kier alpha value is -1.59. The van der Waals surface area contributed by atoms with Crippen molar-refractivity contribution in [2.24, 2.45) is 0 Å². The van der Waals surface area contributed by atoms with Gasteiger partial charge >= 0.3 is 6.03 Å². The molecule has 0 aliphatic heterocycles. The lowest BCUT2D eigenvalue weighted by Gasteiger charge is -2.19. The van der Waals surface area contributed by atoms with Crippen molar-refractivity contribution < 1.29 is 9.90 Å². The monoisotopic (exact) mass is 293 g/mol. The lowest BCUT2D eigenvalue weighted by atomic mass is 10.1. The Morgan fingerprint density at radius 2 is 2.00 bits per heavy atom.